The van der Waals surface area contributed by atoms with Crippen LogP contribution in [0.4, 0.5) is 0 Å². The number of rotatable bonds is 7. The van der Waals surface area contributed by atoms with Gasteiger partial charge in [0.25, 0.3) is 0 Å². The number of carbonyl (C=O) groups excluding carboxylic acids is 1. The minimum Gasteiger partial charge on any atom is -0.496 e. The average molecular weight is 348 g/mol. The van der Waals surface area contributed by atoms with Crippen LogP contribution >= 0.6 is 11.8 Å². The van der Waals surface area contributed by atoms with Gasteiger partial charge >= 0.3 is 0 Å². The molecule has 0 saturated carbocycles. The third-order valence-corrected chi connectivity index (χ3v) is 5.29. The molecule has 3 heteroatoms. The predicted molar refractivity (Wildman–Crippen MR) is 103 cm³/mol. The Hall–Kier alpha value is -2.52. The molecule has 0 aliphatic rings. The highest BCUT2D eigenvalue weighted by Crippen LogP contribution is 2.42. The van der Waals surface area contributed by atoms with Crippen molar-refractivity contribution >= 4 is 17.5 Å². The van der Waals surface area contributed by atoms with Gasteiger partial charge in [-0.2, -0.15) is 0 Å². The normalized spacial score (nSPS) is 11.7. The van der Waals surface area contributed by atoms with Gasteiger partial charge in [0.2, 0.25) is 0 Å². The molecule has 0 aliphatic heterocycles. The van der Waals surface area contributed by atoms with E-state index in [1.807, 2.05) is 72.8 Å². The van der Waals surface area contributed by atoms with Crippen molar-refractivity contribution in [1.29, 1.82) is 0 Å². The summed E-state index contributed by atoms with van der Waals surface area (Å²) in [6, 6.07) is 27.6. The van der Waals surface area contributed by atoms with Crippen LogP contribution in [0.15, 0.2) is 89.8 Å². The molecule has 0 amide bonds. The van der Waals surface area contributed by atoms with E-state index in [0.29, 0.717) is 6.42 Å². The van der Waals surface area contributed by atoms with Crippen molar-refractivity contribution in [3.8, 4) is 5.75 Å². The summed E-state index contributed by atoms with van der Waals surface area (Å²) in [6.45, 7) is 0. The van der Waals surface area contributed by atoms with E-state index in [0.717, 1.165) is 21.8 Å². The molecule has 3 aromatic rings. The summed E-state index contributed by atoms with van der Waals surface area (Å²) in [5.74, 6) is 0.984. The van der Waals surface area contributed by atoms with Crippen LogP contribution in [0.5, 0.6) is 5.75 Å². The minimum absolute atomic E-state index is 0.0326. The zero-order valence-electron chi connectivity index (χ0n) is 14.1. The Morgan fingerprint density at radius 3 is 2.16 bits per heavy atom. The number of thioether (sulfide) groups is 1. The molecular formula is C22H20O2S. The van der Waals surface area contributed by atoms with E-state index < -0.39 is 0 Å². The molecular weight excluding hydrogens is 328 g/mol. The Balaban J connectivity index is 1.87. The number of hydrogen-bond donors (Lipinski definition) is 0. The van der Waals surface area contributed by atoms with E-state index in [4.69, 9.17) is 4.74 Å². The number of para-hydroxylation sites is 1. The maximum absolute atomic E-state index is 12.7. The van der Waals surface area contributed by atoms with Gasteiger partial charge in [-0.3, -0.25) is 4.79 Å². The third kappa shape index (κ3) is 4.52. The molecule has 3 rings (SSSR count). The first-order valence-corrected chi connectivity index (χ1v) is 9.09. The minimum atomic E-state index is 0.0326. The van der Waals surface area contributed by atoms with Gasteiger partial charge in [-0.05, 0) is 17.7 Å². The smallest absolute Gasteiger partial charge is 0.164 e. The van der Waals surface area contributed by atoms with Crippen LogP contribution < -0.4 is 4.74 Å². The number of methoxy groups -OCH3 is 1. The van der Waals surface area contributed by atoms with Gasteiger partial charge < -0.3 is 4.74 Å². The van der Waals surface area contributed by atoms with E-state index in [2.05, 4.69) is 12.1 Å². The first kappa shape index (κ1) is 17.3. The van der Waals surface area contributed by atoms with E-state index in [9.17, 15) is 4.79 Å². The van der Waals surface area contributed by atoms with Crippen molar-refractivity contribution < 1.29 is 9.53 Å². The van der Waals surface area contributed by atoms with E-state index in [1.54, 1.807) is 18.9 Å². The molecule has 0 aliphatic carbocycles. The van der Waals surface area contributed by atoms with Crippen molar-refractivity contribution in [2.24, 2.45) is 0 Å². The number of carbonyl (C=O) groups is 1. The van der Waals surface area contributed by atoms with Crippen LogP contribution in [0.25, 0.3) is 0 Å². The Bertz CT molecular complexity index is 816. The van der Waals surface area contributed by atoms with Gasteiger partial charge in [-0.1, -0.05) is 72.8 Å². The molecule has 0 fully saturated rings. The fourth-order valence-corrected chi connectivity index (χ4v) is 3.93. The summed E-state index contributed by atoms with van der Waals surface area (Å²) < 4.78 is 5.47. The molecule has 2 nitrogen and oxygen atoms in total. The second-order valence-corrected chi connectivity index (χ2v) is 6.91. The summed E-state index contributed by atoms with van der Waals surface area (Å²) in [7, 11) is 1.67. The van der Waals surface area contributed by atoms with Crippen molar-refractivity contribution in [1.82, 2.24) is 0 Å². The molecule has 1 atom stereocenters. The molecule has 0 radical (unpaired) electrons. The van der Waals surface area contributed by atoms with E-state index in [1.165, 1.54) is 0 Å². The Labute approximate surface area is 152 Å². The first-order valence-electron chi connectivity index (χ1n) is 8.21. The molecule has 0 heterocycles. The van der Waals surface area contributed by atoms with Crippen LogP contribution in [0.2, 0.25) is 0 Å². The van der Waals surface area contributed by atoms with Gasteiger partial charge in [-0.25, -0.2) is 0 Å². The van der Waals surface area contributed by atoms with E-state index >= 15 is 0 Å². The lowest BCUT2D eigenvalue weighted by Gasteiger charge is -2.18. The maximum Gasteiger partial charge on any atom is 0.164 e. The van der Waals surface area contributed by atoms with Crippen LogP contribution in [0.3, 0.4) is 0 Å². The standard InChI is InChI=1S/C22H20O2S/c1-24-20-14-8-9-15-21(20)25-22(18-12-6-3-7-13-18)16-19(23)17-10-4-2-5-11-17/h2-15,22H,16H2,1H3/t22-/m0/s1. The van der Waals surface area contributed by atoms with Gasteiger partial charge in [-0.15, -0.1) is 11.8 Å². The molecule has 0 unspecified atom stereocenters. The molecule has 0 bridgehead atoms. The summed E-state index contributed by atoms with van der Waals surface area (Å²) in [6.07, 6.45) is 0.441. The Morgan fingerprint density at radius 2 is 1.48 bits per heavy atom. The average Bonchev–Trinajstić information content (AvgIpc) is 2.69. The first-order chi connectivity index (χ1) is 12.3. The molecule has 0 aromatic heterocycles. The van der Waals surface area contributed by atoms with Crippen LogP contribution in [0.1, 0.15) is 27.6 Å². The summed E-state index contributed by atoms with van der Waals surface area (Å²) >= 11 is 1.67. The molecule has 0 spiro atoms. The number of benzene rings is 3. The second kappa shape index (κ2) is 8.54. The zero-order valence-corrected chi connectivity index (χ0v) is 14.9. The highest BCUT2D eigenvalue weighted by Gasteiger charge is 2.20. The van der Waals surface area contributed by atoms with Gasteiger partial charge in [0.05, 0.1) is 7.11 Å². The second-order valence-electron chi connectivity index (χ2n) is 5.66. The summed E-state index contributed by atoms with van der Waals surface area (Å²) in [5.41, 5.74) is 1.90. The Morgan fingerprint density at radius 1 is 0.880 bits per heavy atom. The van der Waals surface area contributed by atoms with E-state index in [-0.39, 0.29) is 11.0 Å². The largest absolute Gasteiger partial charge is 0.496 e. The van der Waals surface area contributed by atoms with Crippen LogP contribution in [-0.4, -0.2) is 12.9 Å². The van der Waals surface area contributed by atoms with Crippen molar-refractivity contribution in [3.05, 3.63) is 96.1 Å². The lowest BCUT2D eigenvalue weighted by atomic mass is 10.0. The fraction of sp³-hybridized carbons (Fsp3) is 0.136. The zero-order chi connectivity index (χ0) is 17.5. The SMILES string of the molecule is COc1ccccc1S[C@@H](CC(=O)c1ccccc1)c1ccccc1. The number of hydrogen-bond acceptors (Lipinski definition) is 3. The lowest BCUT2D eigenvalue weighted by molar-refractivity contribution is 0.0982. The molecule has 0 saturated heterocycles. The molecule has 126 valence electrons. The monoisotopic (exact) mass is 348 g/mol. The quantitative estimate of drug-likeness (QED) is 0.398. The van der Waals surface area contributed by atoms with Crippen molar-refractivity contribution in [3.63, 3.8) is 0 Å². The number of Topliss-reactive ketones (excluding diaryl/α,β-unsaturated/α-hetero) is 1. The molecule has 25 heavy (non-hydrogen) atoms. The third-order valence-electron chi connectivity index (χ3n) is 3.98. The fourth-order valence-electron chi connectivity index (χ4n) is 2.67. The lowest BCUT2D eigenvalue weighted by Crippen LogP contribution is -2.05. The van der Waals surface area contributed by atoms with Gasteiger partial charge in [0.1, 0.15) is 5.75 Å². The van der Waals surface area contributed by atoms with Crippen LogP contribution in [0, 0.1) is 0 Å². The van der Waals surface area contributed by atoms with Gasteiger partial charge in [0.15, 0.2) is 5.78 Å². The number of ketones is 1. The van der Waals surface area contributed by atoms with Gasteiger partial charge in [0, 0.05) is 22.1 Å². The maximum atomic E-state index is 12.7. The summed E-state index contributed by atoms with van der Waals surface area (Å²) in [4.78, 5) is 13.8. The molecule has 0 N–H and O–H groups in total. The highest BCUT2D eigenvalue weighted by molar-refractivity contribution is 7.99. The molecule has 3 aromatic carbocycles. The van der Waals surface area contributed by atoms with Crippen molar-refractivity contribution in [2.75, 3.05) is 7.11 Å². The topological polar surface area (TPSA) is 26.3 Å². The van der Waals surface area contributed by atoms with Crippen molar-refractivity contribution in [2.45, 2.75) is 16.6 Å². The summed E-state index contributed by atoms with van der Waals surface area (Å²) in [5, 5.41) is 0.0326. The Kier molecular flexibility index (Phi) is 5.91. The number of ether oxygens (including phenoxy) is 1. The highest BCUT2D eigenvalue weighted by atomic mass is 32.2. The predicted octanol–water partition coefficient (Wildman–Crippen LogP) is 5.80. The van der Waals surface area contributed by atoms with Crippen LogP contribution in [-0.2, 0) is 0 Å².